The summed E-state index contributed by atoms with van der Waals surface area (Å²) in [6.07, 6.45) is 9.17. The Kier molecular flexibility index (Phi) is 7.71. The van der Waals surface area contributed by atoms with Crippen molar-refractivity contribution in [2.24, 2.45) is 10.4 Å². The highest BCUT2D eigenvalue weighted by Gasteiger charge is 2.59. The zero-order valence-electron chi connectivity index (χ0n) is 19.8. The summed E-state index contributed by atoms with van der Waals surface area (Å²) in [6, 6.07) is 1.32. The number of nitrogens with zero attached hydrogens (tertiary/aromatic N) is 2. The summed E-state index contributed by atoms with van der Waals surface area (Å²) >= 11 is 0. The Morgan fingerprint density at radius 1 is 1.13 bits per heavy atom. The number of nitrogens with one attached hydrogen (secondary N) is 2. The van der Waals surface area contributed by atoms with E-state index in [9.17, 15) is 4.79 Å². The number of fused-ring (bicyclic) bond motifs is 2. The molecule has 4 aliphatic rings. The molecule has 0 aromatic heterocycles. The SMILES string of the molecule is CCOC1CC(NC(=NC)NC2CC3CCC(C2)N3C(=O)OC(C)(C)C)C12CCC2.I. The third kappa shape index (κ3) is 4.94. The molecule has 2 saturated heterocycles. The summed E-state index contributed by atoms with van der Waals surface area (Å²) in [7, 11) is 1.85. The van der Waals surface area contributed by atoms with Crippen LogP contribution < -0.4 is 10.6 Å². The molecule has 4 atom stereocenters. The fraction of sp³-hybridized carbons (Fsp3) is 0.913. The van der Waals surface area contributed by atoms with Crippen LogP contribution in [0.3, 0.4) is 0 Å². The van der Waals surface area contributed by atoms with E-state index in [1.165, 1.54) is 19.3 Å². The van der Waals surface area contributed by atoms with E-state index in [1.807, 2.05) is 32.7 Å². The summed E-state index contributed by atoms with van der Waals surface area (Å²) in [4.78, 5) is 19.2. The molecule has 7 nitrogen and oxygen atoms in total. The van der Waals surface area contributed by atoms with Gasteiger partial charge in [-0.3, -0.25) is 4.99 Å². The lowest BCUT2D eigenvalue weighted by atomic mass is 9.51. The largest absolute Gasteiger partial charge is 0.444 e. The number of carbonyl (C=O) groups excluding carboxylic acids is 1. The Labute approximate surface area is 204 Å². The van der Waals surface area contributed by atoms with E-state index < -0.39 is 5.60 Å². The predicted molar refractivity (Wildman–Crippen MR) is 133 cm³/mol. The summed E-state index contributed by atoms with van der Waals surface area (Å²) in [5.74, 6) is 0.899. The van der Waals surface area contributed by atoms with Gasteiger partial charge < -0.3 is 25.0 Å². The lowest BCUT2D eigenvalue weighted by molar-refractivity contribution is -0.168. The molecule has 8 heteroatoms. The number of halogens is 1. The van der Waals surface area contributed by atoms with Crippen molar-refractivity contribution in [2.75, 3.05) is 13.7 Å². The number of hydrogen-bond donors (Lipinski definition) is 2. The third-order valence-corrected chi connectivity index (χ3v) is 7.65. The van der Waals surface area contributed by atoms with Crippen molar-refractivity contribution >= 4 is 36.0 Å². The maximum atomic E-state index is 12.7. The lowest BCUT2D eigenvalue weighted by Gasteiger charge is -2.61. The number of amides is 1. The van der Waals surface area contributed by atoms with Crippen LogP contribution in [-0.4, -0.2) is 66.5 Å². The standard InChI is InChI=1S/C23H40N4O3.HI/c1-6-29-19-14-18(23(19)10-7-11-23)26-20(24-5)25-15-12-16-8-9-17(13-15)27(16)21(28)30-22(2,3)4;/h15-19H,6-14H2,1-5H3,(H2,24,25,26);1H. The van der Waals surface area contributed by atoms with Crippen molar-refractivity contribution in [1.82, 2.24) is 15.5 Å². The number of aliphatic imine (C=N–C) groups is 1. The van der Waals surface area contributed by atoms with Crippen LogP contribution in [0, 0.1) is 5.41 Å². The molecule has 1 spiro atoms. The van der Waals surface area contributed by atoms with Gasteiger partial charge in [-0.2, -0.15) is 0 Å². The Balaban J connectivity index is 0.00000272. The zero-order chi connectivity index (χ0) is 21.5. The minimum absolute atomic E-state index is 0. The first-order valence-corrected chi connectivity index (χ1v) is 11.9. The summed E-state index contributed by atoms with van der Waals surface area (Å²) in [5.41, 5.74) is -0.135. The number of piperidine rings is 1. The van der Waals surface area contributed by atoms with Crippen molar-refractivity contribution < 1.29 is 14.3 Å². The first-order valence-electron chi connectivity index (χ1n) is 11.9. The molecular weight excluding hydrogens is 507 g/mol. The molecule has 31 heavy (non-hydrogen) atoms. The highest BCUT2D eigenvalue weighted by Crippen LogP contribution is 2.57. The lowest BCUT2D eigenvalue weighted by Crippen LogP contribution is -2.69. The Hall–Kier alpha value is -0.770. The molecule has 4 rings (SSSR count). The second-order valence-electron chi connectivity index (χ2n) is 10.6. The van der Waals surface area contributed by atoms with Gasteiger partial charge in [0.1, 0.15) is 5.60 Å². The van der Waals surface area contributed by atoms with Gasteiger partial charge in [-0.05, 0) is 72.6 Å². The van der Waals surface area contributed by atoms with Crippen molar-refractivity contribution in [3.05, 3.63) is 0 Å². The van der Waals surface area contributed by atoms with Gasteiger partial charge in [0.05, 0.1) is 6.10 Å². The Morgan fingerprint density at radius 3 is 2.26 bits per heavy atom. The van der Waals surface area contributed by atoms with Gasteiger partial charge in [0.2, 0.25) is 0 Å². The molecule has 4 fully saturated rings. The van der Waals surface area contributed by atoms with Crippen molar-refractivity contribution in [3.8, 4) is 0 Å². The number of guanidine groups is 1. The molecule has 2 aliphatic carbocycles. The Bertz CT molecular complexity index is 662. The average Bonchev–Trinajstić information content (AvgIpc) is 2.88. The second-order valence-corrected chi connectivity index (χ2v) is 10.6. The summed E-state index contributed by atoms with van der Waals surface area (Å²) < 4.78 is 11.6. The number of rotatable bonds is 4. The quantitative estimate of drug-likeness (QED) is 0.315. The van der Waals surface area contributed by atoms with Gasteiger partial charge in [0, 0.05) is 43.2 Å². The molecule has 2 N–H and O–H groups in total. The smallest absolute Gasteiger partial charge is 0.410 e. The molecular formula is C23H41IN4O3. The first-order chi connectivity index (χ1) is 14.3. The van der Waals surface area contributed by atoms with E-state index in [-0.39, 0.29) is 42.2 Å². The van der Waals surface area contributed by atoms with Gasteiger partial charge in [-0.1, -0.05) is 6.42 Å². The number of hydrogen-bond acceptors (Lipinski definition) is 4. The number of ether oxygens (including phenoxy) is 2. The third-order valence-electron chi connectivity index (χ3n) is 7.65. The molecule has 2 heterocycles. The van der Waals surface area contributed by atoms with Crippen LogP contribution in [0.1, 0.15) is 79.1 Å². The normalized spacial score (nSPS) is 33.8. The fourth-order valence-electron chi connectivity index (χ4n) is 6.08. The van der Waals surface area contributed by atoms with Crippen molar-refractivity contribution in [3.63, 3.8) is 0 Å². The fourth-order valence-corrected chi connectivity index (χ4v) is 6.08. The van der Waals surface area contributed by atoms with Gasteiger partial charge in [-0.15, -0.1) is 24.0 Å². The van der Waals surface area contributed by atoms with Crippen LogP contribution in [0.2, 0.25) is 0 Å². The van der Waals surface area contributed by atoms with Crippen LogP contribution >= 0.6 is 24.0 Å². The second kappa shape index (κ2) is 9.61. The molecule has 4 unspecified atom stereocenters. The van der Waals surface area contributed by atoms with E-state index in [2.05, 4.69) is 22.5 Å². The van der Waals surface area contributed by atoms with Crippen LogP contribution in [0.5, 0.6) is 0 Å². The molecule has 0 radical (unpaired) electrons. The zero-order valence-corrected chi connectivity index (χ0v) is 22.1. The monoisotopic (exact) mass is 548 g/mol. The van der Waals surface area contributed by atoms with Crippen LogP contribution in [0.25, 0.3) is 0 Å². The highest BCUT2D eigenvalue weighted by molar-refractivity contribution is 14.0. The molecule has 1 amide bonds. The van der Waals surface area contributed by atoms with Crippen molar-refractivity contribution in [2.45, 2.75) is 115 Å². The number of carbonyl (C=O) groups is 1. The summed E-state index contributed by atoms with van der Waals surface area (Å²) in [6.45, 7) is 8.68. The van der Waals surface area contributed by atoms with Crippen LogP contribution in [0.15, 0.2) is 4.99 Å². The van der Waals surface area contributed by atoms with Gasteiger partial charge in [0.15, 0.2) is 5.96 Å². The maximum absolute atomic E-state index is 12.7. The highest BCUT2D eigenvalue weighted by atomic mass is 127. The van der Waals surface area contributed by atoms with E-state index in [4.69, 9.17) is 9.47 Å². The minimum Gasteiger partial charge on any atom is -0.444 e. The van der Waals surface area contributed by atoms with E-state index >= 15 is 0 Å². The maximum Gasteiger partial charge on any atom is 0.410 e. The molecule has 2 bridgehead atoms. The summed E-state index contributed by atoms with van der Waals surface area (Å²) in [5, 5.41) is 7.37. The first kappa shape index (κ1) is 24.9. The molecule has 2 saturated carbocycles. The van der Waals surface area contributed by atoms with Gasteiger partial charge in [-0.25, -0.2) is 4.79 Å². The molecule has 0 aromatic carbocycles. The van der Waals surface area contributed by atoms with Gasteiger partial charge >= 0.3 is 6.09 Å². The van der Waals surface area contributed by atoms with E-state index in [1.54, 1.807) is 0 Å². The van der Waals surface area contributed by atoms with Crippen LogP contribution in [0.4, 0.5) is 4.79 Å². The molecule has 2 aliphatic heterocycles. The molecule has 0 aromatic rings. The van der Waals surface area contributed by atoms with Crippen molar-refractivity contribution in [1.29, 1.82) is 0 Å². The topological polar surface area (TPSA) is 75.2 Å². The van der Waals surface area contributed by atoms with E-state index in [0.29, 0.717) is 23.6 Å². The Morgan fingerprint density at radius 2 is 1.77 bits per heavy atom. The van der Waals surface area contributed by atoms with Crippen LogP contribution in [-0.2, 0) is 9.47 Å². The predicted octanol–water partition coefficient (Wildman–Crippen LogP) is 4.05. The minimum atomic E-state index is -0.447. The molecule has 178 valence electrons. The average molecular weight is 549 g/mol. The van der Waals surface area contributed by atoms with E-state index in [0.717, 1.165) is 44.7 Å². The van der Waals surface area contributed by atoms with Gasteiger partial charge in [0.25, 0.3) is 0 Å².